The highest BCUT2D eigenvalue weighted by molar-refractivity contribution is 5.81. The molecule has 0 aromatic carbocycles. The minimum atomic E-state index is -1.45. The molecular formula is C29H52N8O9. The number of likely N-dealkylation sites (N-methyl/N-ethyl adjacent to an activating group) is 1. The van der Waals surface area contributed by atoms with Crippen LogP contribution >= 0.6 is 0 Å². The maximum atomic E-state index is 13.1. The van der Waals surface area contributed by atoms with Gasteiger partial charge in [0.15, 0.2) is 12.3 Å². The fraction of sp³-hybridized carbons (Fsp3) is 0.897. The lowest BCUT2D eigenvalue weighted by molar-refractivity contribution is -0.280. The van der Waals surface area contributed by atoms with E-state index < -0.39 is 78.7 Å². The van der Waals surface area contributed by atoms with Gasteiger partial charge in [0, 0.05) is 31.6 Å². The molecule has 0 aromatic rings. The van der Waals surface area contributed by atoms with E-state index in [1.54, 1.807) is 7.05 Å². The summed E-state index contributed by atoms with van der Waals surface area (Å²) in [5.74, 6) is -0.248. The van der Waals surface area contributed by atoms with Crippen molar-refractivity contribution in [1.29, 1.82) is 0 Å². The molecule has 0 spiro atoms. The van der Waals surface area contributed by atoms with E-state index in [-0.39, 0.29) is 24.4 Å². The number of nitrogens with one attached hydrogen (secondary N) is 4. The highest BCUT2D eigenvalue weighted by atomic mass is 16.7. The lowest BCUT2D eigenvalue weighted by atomic mass is 9.83. The zero-order valence-electron chi connectivity index (χ0n) is 26.5. The van der Waals surface area contributed by atoms with E-state index in [0.29, 0.717) is 38.4 Å². The molecule has 0 aromatic heterocycles. The Labute approximate surface area is 268 Å². The van der Waals surface area contributed by atoms with Crippen molar-refractivity contribution >= 4 is 5.91 Å². The highest BCUT2D eigenvalue weighted by Gasteiger charge is 2.53. The first-order valence-electron chi connectivity index (χ1n) is 16.2. The Kier molecular flexibility index (Phi) is 11.3. The maximum absolute atomic E-state index is 13.1. The van der Waals surface area contributed by atoms with Crippen LogP contribution in [0.25, 0.3) is 0 Å². The largest absolute Gasteiger partial charge is 0.467 e. The van der Waals surface area contributed by atoms with Gasteiger partial charge in [-0.2, -0.15) is 4.91 Å². The lowest BCUT2D eigenvalue weighted by Gasteiger charge is -2.48. The molecule has 2 saturated heterocycles. The van der Waals surface area contributed by atoms with Crippen LogP contribution in [0.3, 0.4) is 0 Å². The third kappa shape index (κ3) is 7.71. The van der Waals surface area contributed by atoms with Crippen molar-refractivity contribution in [2.24, 2.45) is 33.7 Å². The van der Waals surface area contributed by atoms with E-state index in [9.17, 15) is 25.0 Å². The zero-order chi connectivity index (χ0) is 33.2. The van der Waals surface area contributed by atoms with Gasteiger partial charge in [0.05, 0.1) is 31.3 Å². The van der Waals surface area contributed by atoms with E-state index in [1.165, 1.54) is 6.92 Å². The third-order valence-corrected chi connectivity index (χ3v) is 10.1. The summed E-state index contributed by atoms with van der Waals surface area (Å²) in [7, 11) is 1.58. The number of aliphatic hydroxyl groups excluding tert-OH is 2. The molecule has 2 aliphatic carbocycles. The zero-order valence-corrected chi connectivity index (χ0v) is 26.5. The van der Waals surface area contributed by atoms with Crippen molar-refractivity contribution in [3.05, 3.63) is 16.7 Å². The molecule has 17 nitrogen and oxygen atoms in total. The van der Waals surface area contributed by atoms with Crippen LogP contribution in [-0.2, 0) is 23.7 Å². The van der Waals surface area contributed by atoms with Gasteiger partial charge in [0.1, 0.15) is 35.8 Å². The predicted octanol–water partition coefficient (Wildman–Crippen LogP) is -3.97. The second-order valence-corrected chi connectivity index (χ2v) is 13.8. The van der Waals surface area contributed by atoms with E-state index in [4.69, 9.17) is 36.1 Å². The van der Waals surface area contributed by atoms with Crippen LogP contribution in [0.15, 0.2) is 17.0 Å². The summed E-state index contributed by atoms with van der Waals surface area (Å²) in [6, 6.07) is -4.28. The minimum Gasteiger partial charge on any atom is -0.467 e. The van der Waals surface area contributed by atoms with Gasteiger partial charge >= 0.3 is 0 Å². The molecule has 262 valence electrons. The van der Waals surface area contributed by atoms with E-state index in [1.807, 2.05) is 6.08 Å². The first-order valence-corrected chi connectivity index (χ1v) is 16.2. The summed E-state index contributed by atoms with van der Waals surface area (Å²) in [5.41, 5.74) is 17.5. The molecule has 2 saturated carbocycles. The van der Waals surface area contributed by atoms with Crippen molar-refractivity contribution in [3.63, 3.8) is 0 Å². The topological polar surface area (TPSA) is 270 Å². The number of nitroso groups, excluding NO2 is 1. The van der Waals surface area contributed by atoms with Crippen molar-refractivity contribution in [2.45, 2.75) is 105 Å². The molecular weight excluding hydrogens is 604 g/mol. The molecule has 5 unspecified atom stereocenters. The Morgan fingerprint density at radius 2 is 1.93 bits per heavy atom. The van der Waals surface area contributed by atoms with Crippen molar-refractivity contribution in [2.75, 3.05) is 46.4 Å². The number of carbonyl (C=O) groups is 1. The SMILES string of the molecule is CN[C@@H]1C(N=O)C(O[C@H]2C(NC(=O)C(O)C3CNC3)CC(N)[C@@H](O[C@H]3OC(CNCC4(CN)CC4)=CC[C@H]3N)[C@@H]2O)OC[C@]1(C)O. The van der Waals surface area contributed by atoms with Crippen molar-refractivity contribution in [3.8, 4) is 0 Å². The Hall–Kier alpha value is -1.87. The van der Waals surface area contributed by atoms with Crippen molar-refractivity contribution in [1.82, 2.24) is 21.3 Å². The summed E-state index contributed by atoms with van der Waals surface area (Å²) < 4.78 is 24.3. The number of hydrogen-bond acceptors (Lipinski definition) is 16. The van der Waals surface area contributed by atoms with E-state index in [0.717, 1.165) is 19.4 Å². The monoisotopic (exact) mass is 656 g/mol. The van der Waals surface area contributed by atoms with Gasteiger partial charge in [-0.15, -0.1) is 0 Å². The number of nitrogens with two attached hydrogens (primary N) is 3. The Bertz CT molecular complexity index is 1090. The molecule has 1 amide bonds. The van der Waals surface area contributed by atoms with Crippen molar-refractivity contribution < 1.29 is 39.1 Å². The summed E-state index contributed by atoms with van der Waals surface area (Å²) in [6.07, 6.45) is -2.58. The molecule has 5 rings (SSSR count). The fourth-order valence-corrected chi connectivity index (χ4v) is 6.73. The molecule has 0 radical (unpaired) electrons. The summed E-state index contributed by atoms with van der Waals surface area (Å²) in [6.45, 7) is 4.16. The highest BCUT2D eigenvalue weighted by Crippen LogP contribution is 2.43. The fourth-order valence-electron chi connectivity index (χ4n) is 6.73. The van der Waals surface area contributed by atoms with E-state index in [2.05, 4.69) is 26.4 Å². The van der Waals surface area contributed by atoms with Crippen LogP contribution < -0.4 is 38.5 Å². The second kappa shape index (κ2) is 14.7. The molecule has 3 heterocycles. The predicted molar refractivity (Wildman–Crippen MR) is 165 cm³/mol. The first kappa shape index (κ1) is 35.4. The Morgan fingerprint density at radius 3 is 2.54 bits per heavy atom. The van der Waals surface area contributed by atoms with E-state index >= 15 is 0 Å². The van der Waals surface area contributed by atoms with Gasteiger partial charge in [-0.05, 0) is 57.7 Å². The number of amides is 1. The van der Waals surface area contributed by atoms with Crippen LogP contribution in [0.1, 0.15) is 32.6 Å². The smallest absolute Gasteiger partial charge is 0.249 e. The summed E-state index contributed by atoms with van der Waals surface area (Å²) in [5, 5.41) is 48.4. The Morgan fingerprint density at radius 1 is 1.22 bits per heavy atom. The molecule has 13 N–H and O–H groups in total. The number of carbonyl (C=O) groups excluding carboxylic acids is 1. The summed E-state index contributed by atoms with van der Waals surface area (Å²) >= 11 is 0. The molecule has 46 heavy (non-hydrogen) atoms. The number of ether oxygens (including phenoxy) is 4. The number of rotatable bonds is 14. The normalized spacial score (nSPS) is 41.4. The standard InChI is InChI=1S/C29H52N8O9/c1-28(41)13-43-27(19(37-42)24(28)33-2)46-23-18(36-25(40)20(38)14-8-34-9-14)7-17(32)22(21(23)39)45-26-16(31)4-3-15(44-26)10-35-12-29(11-30)5-6-29/h3,14,16-24,26-27,33-35,38-39,41H,4-13,30-32H2,1-2H3,(H,36,40)/t16-,17?,18?,19?,20?,21+,22-,23+,24-,26-,27?,28+/m1/s1. The molecule has 12 atom stereocenters. The van der Waals surface area contributed by atoms with Crippen LogP contribution in [-0.4, -0.2) is 140 Å². The minimum absolute atomic E-state index is 0.0836. The molecule has 17 heteroatoms. The first-order chi connectivity index (χ1) is 21.9. The quantitative estimate of drug-likeness (QED) is 0.0799. The number of aliphatic hydroxyl groups is 3. The Balaban J connectivity index is 1.29. The number of nitrogens with zero attached hydrogens (tertiary/aromatic N) is 1. The van der Waals surface area contributed by atoms with Crippen LogP contribution in [0.4, 0.5) is 0 Å². The molecule has 0 bridgehead atoms. The third-order valence-electron chi connectivity index (χ3n) is 10.1. The molecule has 4 fully saturated rings. The van der Waals surface area contributed by atoms with Gasteiger partial charge in [-0.25, -0.2) is 0 Å². The molecule has 5 aliphatic rings. The van der Waals surface area contributed by atoms with Crippen LogP contribution in [0.2, 0.25) is 0 Å². The number of hydrogen-bond donors (Lipinski definition) is 10. The van der Waals surface area contributed by atoms with Crippen LogP contribution in [0.5, 0.6) is 0 Å². The van der Waals surface area contributed by atoms with Gasteiger partial charge in [-0.1, -0.05) is 5.18 Å². The average Bonchev–Trinajstić information content (AvgIpc) is 3.78. The average molecular weight is 657 g/mol. The van der Waals surface area contributed by atoms with Crippen LogP contribution in [0, 0.1) is 16.2 Å². The van der Waals surface area contributed by atoms with Gasteiger partial charge in [-0.3, -0.25) is 4.79 Å². The molecule has 3 aliphatic heterocycles. The second-order valence-electron chi connectivity index (χ2n) is 13.8. The maximum Gasteiger partial charge on any atom is 0.249 e. The lowest BCUT2D eigenvalue weighted by Crippen LogP contribution is -2.69. The van der Waals surface area contributed by atoms with Gasteiger partial charge in [0.25, 0.3) is 0 Å². The van der Waals surface area contributed by atoms with Gasteiger partial charge in [0.2, 0.25) is 12.2 Å². The summed E-state index contributed by atoms with van der Waals surface area (Å²) in [4.78, 5) is 25.0. The van der Waals surface area contributed by atoms with Gasteiger partial charge < -0.3 is 72.7 Å².